The van der Waals surface area contributed by atoms with Crippen LogP contribution in [0.15, 0.2) is 48.5 Å². The second kappa shape index (κ2) is 10.7. The number of benzene rings is 2. The fourth-order valence-electron chi connectivity index (χ4n) is 3.65. The lowest BCUT2D eigenvalue weighted by Crippen LogP contribution is -2.48. The van der Waals surface area contributed by atoms with Crippen molar-refractivity contribution < 1.29 is 24.2 Å². The molecular weight excluding hydrogens is 398 g/mol. The minimum absolute atomic E-state index is 0.0720. The molecule has 1 aliphatic heterocycles. The number of amides is 1. The van der Waals surface area contributed by atoms with E-state index in [9.17, 15) is 14.7 Å². The quantitative estimate of drug-likeness (QED) is 0.635. The summed E-state index contributed by atoms with van der Waals surface area (Å²) in [5.74, 6) is -0.530. The predicted molar refractivity (Wildman–Crippen MR) is 119 cm³/mol. The molecular formula is C23H29N3O5. The molecule has 2 aromatic rings. The van der Waals surface area contributed by atoms with E-state index >= 15 is 0 Å². The van der Waals surface area contributed by atoms with Crippen LogP contribution in [0.2, 0.25) is 0 Å². The minimum Gasteiger partial charge on any atom is -0.497 e. The highest BCUT2D eigenvalue weighted by Gasteiger charge is 2.26. The van der Waals surface area contributed by atoms with Gasteiger partial charge in [-0.1, -0.05) is 6.07 Å². The van der Waals surface area contributed by atoms with E-state index in [-0.39, 0.29) is 12.3 Å². The molecule has 8 heteroatoms. The molecule has 1 saturated heterocycles. The van der Waals surface area contributed by atoms with Crippen molar-refractivity contribution in [3.63, 3.8) is 0 Å². The van der Waals surface area contributed by atoms with Crippen molar-refractivity contribution in [2.24, 2.45) is 5.92 Å². The van der Waals surface area contributed by atoms with Crippen LogP contribution in [0.5, 0.6) is 11.5 Å². The van der Waals surface area contributed by atoms with Crippen molar-refractivity contribution in [1.82, 2.24) is 4.90 Å². The fourth-order valence-corrected chi connectivity index (χ4v) is 3.65. The normalized spacial score (nSPS) is 15.2. The van der Waals surface area contributed by atoms with Gasteiger partial charge in [-0.05, 0) is 36.4 Å². The third-order valence-corrected chi connectivity index (χ3v) is 5.42. The smallest absolute Gasteiger partial charge is 0.308 e. The summed E-state index contributed by atoms with van der Waals surface area (Å²) in [5.41, 5.74) is 1.70. The zero-order chi connectivity index (χ0) is 22.2. The molecule has 0 saturated carbocycles. The molecule has 1 heterocycles. The van der Waals surface area contributed by atoms with Gasteiger partial charge in [-0.25, -0.2) is 0 Å². The van der Waals surface area contributed by atoms with Crippen LogP contribution >= 0.6 is 0 Å². The number of ether oxygens (including phenoxy) is 2. The van der Waals surface area contributed by atoms with Crippen molar-refractivity contribution in [2.45, 2.75) is 6.42 Å². The number of hydrogen-bond acceptors (Lipinski definition) is 6. The third kappa shape index (κ3) is 6.36. The molecule has 1 amide bonds. The number of carbonyl (C=O) groups is 2. The molecule has 1 aliphatic rings. The Labute approximate surface area is 182 Å². The van der Waals surface area contributed by atoms with E-state index in [1.807, 2.05) is 24.3 Å². The molecule has 0 aliphatic carbocycles. The molecule has 31 heavy (non-hydrogen) atoms. The second-order valence-electron chi connectivity index (χ2n) is 7.51. The lowest BCUT2D eigenvalue weighted by Gasteiger charge is -2.37. The van der Waals surface area contributed by atoms with Gasteiger partial charge in [0.1, 0.15) is 11.5 Å². The number of carbonyl (C=O) groups excluding carboxylic acids is 1. The molecule has 0 bridgehead atoms. The number of rotatable bonds is 9. The number of aliphatic carboxylic acids is 1. The predicted octanol–water partition coefficient (Wildman–Crippen LogP) is 2.56. The van der Waals surface area contributed by atoms with Gasteiger partial charge < -0.3 is 24.8 Å². The Morgan fingerprint density at radius 2 is 1.68 bits per heavy atom. The average molecular weight is 428 g/mol. The van der Waals surface area contributed by atoms with Crippen LogP contribution in [0.25, 0.3) is 0 Å². The van der Waals surface area contributed by atoms with Crippen LogP contribution < -0.4 is 19.7 Å². The summed E-state index contributed by atoms with van der Waals surface area (Å²) in [5, 5.41) is 12.4. The van der Waals surface area contributed by atoms with Crippen LogP contribution in [0, 0.1) is 5.92 Å². The summed E-state index contributed by atoms with van der Waals surface area (Å²) >= 11 is 0. The van der Waals surface area contributed by atoms with Gasteiger partial charge in [-0.3, -0.25) is 14.5 Å². The molecule has 1 fully saturated rings. The van der Waals surface area contributed by atoms with Crippen LogP contribution in [-0.2, 0) is 9.59 Å². The Hall–Kier alpha value is -3.26. The average Bonchev–Trinajstić information content (AvgIpc) is 2.79. The summed E-state index contributed by atoms with van der Waals surface area (Å²) in [7, 11) is 3.22. The number of piperazine rings is 1. The Morgan fingerprint density at radius 3 is 2.29 bits per heavy atom. The van der Waals surface area contributed by atoms with Gasteiger partial charge >= 0.3 is 5.97 Å². The number of hydrogen-bond donors (Lipinski definition) is 2. The van der Waals surface area contributed by atoms with E-state index < -0.39 is 11.9 Å². The molecule has 166 valence electrons. The minimum atomic E-state index is -0.958. The highest BCUT2D eigenvalue weighted by atomic mass is 16.5. The Morgan fingerprint density at radius 1 is 1.00 bits per heavy atom. The Kier molecular flexibility index (Phi) is 7.72. The molecule has 1 unspecified atom stereocenters. The molecule has 8 nitrogen and oxygen atoms in total. The molecule has 0 radical (unpaired) electrons. The van der Waals surface area contributed by atoms with Gasteiger partial charge in [0.2, 0.25) is 5.91 Å². The van der Waals surface area contributed by atoms with Crippen molar-refractivity contribution in [3.8, 4) is 11.5 Å². The zero-order valence-electron chi connectivity index (χ0n) is 17.9. The van der Waals surface area contributed by atoms with Crippen LogP contribution in [0.3, 0.4) is 0 Å². The molecule has 2 aromatic carbocycles. The summed E-state index contributed by atoms with van der Waals surface area (Å²) in [6.07, 6.45) is -0.0720. The van der Waals surface area contributed by atoms with Gasteiger partial charge in [-0.15, -0.1) is 0 Å². The summed E-state index contributed by atoms with van der Waals surface area (Å²) in [6.45, 7) is 3.40. The number of nitrogens with zero attached hydrogens (tertiary/aromatic N) is 2. The number of carboxylic acid groups (broad SMARTS) is 1. The van der Waals surface area contributed by atoms with Gasteiger partial charge in [0, 0.05) is 56.6 Å². The maximum Gasteiger partial charge on any atom is 0.308 e. The van der Waals surface area contributed by atoms with E-state index in [0.29, 0.717) is 18.0 Å². The van der Waals surface area contributed by atoms with Crippen molar-refractivity contribution >= 4 is 23.3 Å². The summed E-state index contributed by atoms with van der Waals surface area (Å²) < 4.78 is 10.4. The molecule has 1 atom stereocenters. The lowest BCUT2D eigenvalue weighted by molar-refractivity contribution is -0.144. The highest BCUT2D eigenvalue weighted by Crippen LogP contribution is 2.23. The molecule has 2 N–H and O–H groups in total. The SMILES string of the molecule is COc1ccc(NC(=O)CC(CN2CCN(c3cccc(OC)c3)CC2)C(=O)O)cc1. The van der Waals surface area contributed by atoms with Crippen molar-refractivity contribution in [3.05, 3.63) is 48.5 Å². The first kappa shape index (κ1) is 22.4. The first-order chi connectivity index (χ1) is 15.0. The highest BCUT2D eigenvalue weighted by molar-refractivity contribution is 5.93. The maximum atomic E-state index is 12.4. The van der Waals surface area contributed by atoms with Crippen LogP contribution in [0.4, 0.5) is 11.4 Å². The van der Waals surface area contributed by atoms with Gasteiger partial charge in [-0.2, -0.15) is 0 Å². The molecule has 3 rings (SSSR count). The topological polar surface area (TPSA) is 91.3 Å². The van der Waals surface area contributed by atoms with E-state index in [4.69, 9.17) is 9.47 Å². The number of nitrogens with one attached hydrogen (secondary N) is 1. The van der Waals surface area contributed by atoms with Crippen LogP contribution in [-0.4, -0.2) is 68.8 Å². The Bertz CT molecular complexity index is 879. The summed E-state index contributed by atoms with van der Waals surface area (Å²) in [4.78, 5) is 28.5. The largest absolute Gasteiger partial charge is 0.497 e. The summed E-state index contributed by atoms with van der Waals surface area (Å²) in [6, 6.07) is 14.9. The number of carboxylic acids is 1. The maximum absolute atomic E-state index is 12.4. The number of methoxy groups -OCH3 is 2. The van der Waals surface area contributed by atoms with Gasteiger partial charge in [0.05, 0.1) is 20.1 Å². The van der Waals surface area contributed by atoms with Gasteiger partial charge in [0.25, 0.3) is 0 Å². The molecule has 0 spiro atoms. The zero-order valence-corrected chi connectivity index (χ0v) is 17.9. The fraction of sp³-hybridized carbons (Fsp3) is 0.391. The lowest BCUT2D eigenvalue weighted by atomic mass is 10.0. The van der Waals surface area contributed by atoms with Crippen LogP contribution in [0.1, 0.15) is 6.42 Å². The second-order valence-corrected chi connectivity index (χ2v) is 7.51. The monoisotopic (exact) mass is 427 g/mol. The Balaban J connectivity index is 1.50. The van der Waals surface area contributed by atoms with E-state index in [1.165, 1.54) is 0 Å². The third-order valence-electron chi connectivity index (χ3n) is 5.42. The standard InChI is InChI=1S/C23H29N3O5/c1-30-20-8-6-18(7-9-20)24-22(27)14-17(23(28)29)16-25-10-12-26(13-11-25)19-4-3-5-21(15-19)31-2/h3-9,15,17H,10-14,16H2,1-2H3,(H,24,27)(H,28,29). The van der Waals surface area contributed by atoms with Crippen molar-refractivity contribution in [2.75, 3.05) is 57.2 Å². The number of anilines is 2. The molecule has 0 aromatic heterocycles. The first-order valence-corrected chi connectivity index (χ1v) is 10.3. The van der Waals surface area contributed by atoms with Gasteiger partial charge in [0.15, 0.2) is 0 Å². The van der Waals surface area contributed by atoms with Crippen molar-refractivity contribution in [1.29, 1.82) is 0 Å². The first-order valence-electron chi connectivity index (χ1n) is 10.3. The van der Waals surface area contributed by atoms with E-state index in [1.54, 1.807) is 38.5 Å². The van der Waals surface area contributed by atoms with E-state index in [2.05, 4.69) is 15.1 Å². The van der Waals surface area contributed by atoms with E-state index in [0.717, 1.165) is 37.6 Å².